The first-order valence-electron chi connectivity index (χ1n) is 8.60. The number of hydrogen-bond donors (Lipinski definition) is 2. The number of furan rings is 1. The Labute approximate surface area is 170 Å². The van der Waals surface area contributed by atoms with Crippen LogP contribution >= 0.6 is 0 Å². The van der Waals surface area contributed by atoms with Crippen LogP contribution in [0.1, 0.15) is 15.9 Å². The monoisotopic (exact) mass is 435 g/mol. The molecule has 0 spiro atoms. The van der Waals surface area contributed by atoms with Gasteiger partial charge in [-0.2, -0.15) is 0 Å². The number of hydrogen-bond acceptors (Lipinski definition) is 7. The first-order valence-corrected chi connectivity index (χ1v) is 10.5. The number of urea groups is 2. The third-order valence-electron chi connectivity index (χ3n) is 4.32. The minimum absolute atomic E-state index is 0.0136. The summed E-state index contributed by atoms with van der Waals surface area (Å²) >= 11 is 0. The molecule has 158 valence electrons. The number of carboxylic acids is 1. The normalized spacial score (nSPS) is 13.8. The number of sulfone groups is 1. The predicted octanol–water partition coefficient (Wildman–Crippen LogP) is 1.10. The molecular weight excluding hydrogens is 418 g/mol. The third kappa shape index (κ3) is 4.17. The van der Waals surface area contributed by atoms with Crippen molar-refractivity contribution in [3.63, 3.8) is 0 Å². The van der Waals surface area contributed by atoms with E-state index in [0.717, 1.165) is 23.5 Å². The maximum Gasteiger partial charge on any atom is 0.339 e. The van der Waals surface area contributed by atoms with Crippen molar-refractivity contribution in [1.82, 2.24) is 10.2 Å². The third-order valence-corrected chi connectivity index (χ3v) is 5.43. The lowest BCUT2D eigenvalue weighted by Gasteiger charge is -2.26. The minimum Gasteiger partial charge on any atom is -0.481 e. The Hall–Kier alpha value is -3.67. The quantitative estimate of drug-likeness (QED) is 0.708. The van der Waals surface area contributed by atoms with Gasteiger partial charge in [-0.1, -0.05) is 6.07 Å². The highest BCUT2D eigenvalue weighted by molar-refractivity contribution is 7.90. The molecule has 2 heterocycles. The van der Waals surface area contributed by atoms with Gasteiger partial charge >= 0.3 is 18.0 Å². The van der Waals surface area contributed by atoms with Crippen LogP contribution in [-0.4, -0.2) is 61.7 Å². The highest BCUT2D eigenvalue weighted by atomic mass is 32.2. The number of rotatable bonds is 5. The summed E-state index contributed by atoms with van der Waals surface area (Å²) in [6.07, 6.45) is 2.61. The lowest BCUT2D eigenvalue weighted by molar-refractivity contribution is -0.136. The van der Waals surface area contributed by atoms with Crippen LogP contribution in [-0.2, 0) is 21.1 Å². The second kappa shape index (κ2) is 7.99. The van der Waals surface area contributed by atoms with Gasteiger partial charge in [-0.05, 0) is 23.8 Å². The highest BCUT2D eigenvalue weighted by Gasteiger charge is 2.36. The molecule has 3 rings (SSSR count). The van der Waals surface area contributed by atoms with Gasteiger partial charge in [0.15, 0.2) is 9.84 Å². The summed E-state index contributed by atoms with van der Waals surface area (Å²) in [6, 6.07) is 2.94. The molecule has 1 aliphatic heterocycles. The fourth-order valence-electron chi connectivity index (χ4n) is 2.88. The van der Waals surface area contributed by atoms with Crippen LogP contribution in [0.15, 0.2) is 46.1 Å². The Kier molecular flexibility index (Phi) is 5.60. The maximum atomic E-state index is 13.1. The van der Waals surface area contributed by atoms with E-state index < -0.39 is 40.2 Å². The first-order chi connectivity index (χ1) is 14.1. The van der Waals surface area contributed by atoms with E-state index in [-0.39, 0.29) is 34.8 Å². The van der Waals surface area contributed by atoms with E-state index in [0.29, 0.717) is 4.90 Å². The average molecular weight is 435 g/mol. The molecule has 1 fully saturated rings. The van der Waals surface area contributed by atoms with Crippen LogP contribution in [0, 0.1) is 0 Å². The number of carboxylic acid groups (broad SMARTS) is 1. The zero-order chi connectivity index (χ0) is 22.1. The zero-order valence-corrected chi connectivity index (χ0v) is 16.5. The number of imide groups is 2. The Bertz CT molecular complexity index is 1120. The van der Waals surface area contributed by atoms with Crippen LogP contribution in [0.2, 0.25) is 0 Å². The Morgan fingerprint density at radius 3 is 2.53 bits per heavy atom. The SMILES string of the molecule is CS(=O)(=O)c1ccc(CC(=O)O)c(N(C(=O)c2ccoc2)C(=O)N2CCNC2=O)c1. The largest absolute Gasteiger partial charge is 0.481 e. The van der Waals surface area contributed by atoms with Gasteiger partial charge in [-0.15, -0.1) is 0 Å². The summed E-state index contributed by atoms with van der Waals surface area (Å²) in [5.74, 6) is -2.17. The van der Waals surface area contributed by atoms with Crippen LogP contribution < -0.4 is 10.2 Å². The van der Waals surface area contributed by atoms with Gasteiger partial charge in [0, 0.05) is 19.3 Å². The van der Waals surface area contributed by atoms with Crippen molar-refractivity contribution in [2.24, 2.45) is 0 Å². The molecule has 1 saturated heterocycles. The Morgan fingerprint density at radius 2 is 2.00 bits per heavy atom. The summed E-state index contributed by atoms with van der Waals surface area (Å²) in [6.45, 7) is 0.149. The maximum absolute atomic E-state index is 13.1. The van der Waals surface area contributed by atoms with E-state index in [1.54, 1.807) is 0 Å². The number of nitrogens with one attached hydrogen (secondary N) is 1. The number of carbonyl (C=O) groups excluding carboxylic acids is 3. The van der Waals surface area contributed by atoms with Crippen LogP contribution in [0.3, 0.4) is 0 Å². The van der Waals surface area contributed by atoms with Gasteiger partial charge in [0.1, 0.15) is 6.26 Å². The van der Waals surface area contributed by atoms with E-state index in [2.05, 4.69) is 5.32 Å². The standard InChI is InChI=1S/C18H17N3O8S/c1-30(27,28)13-3-2-11(8-15(22)23)14(9-13)21(16(24)12-4-7-29-10-12)18(26)20-6-5-19-17(20)25/h2-4,7,9-10H,5-6,8H2,1H3,(H,19,25)(H,22,23). The van der Waals surface area contributed by atoms with E-state index in [4.69, 9.17) is 4.42 Å². The molecular formula is C18H17N3O8S. The average Bonchev–Trinajstić information content (AvgIpc) is 3.33. The predicted molar refractivity (Wildman–Crippen MR) is 102 cm³/mol. The molecule has 1 aromatic carbocycles. The number of aliphatic carboxylic acids is 1. The van der Waals surface area contributed by atoms with Gasteiger partial charge in [0.25, 0.3) is 5.91 Å². The molecule has 11 nitrogen and oxygen atoms in total. The molecule has 1 aliphatic rings. The van der Waals surface area contributed by atoms with Crippen LogP contribution in [0.4, 0.5) is 15.3 Å². The number of anilines is 1. The number of benzene rings is 1. The summed E-state index contributed by atoms with van der Waals surface area (Å²) in [5.41, 5.74) is -0.287. The lowest BCUT2D eigenvalue weighted by Crippen LogP contribution is -2.48. The summed E-state index contributed by atoms with van der Waals surface area (Å²) < 4.78 is 28.9. The van der Waals surface area contributed by atoms with Crippen molar-refractivity contribution in [3.8, 4) is 0 Å². The number of carbonyl (C=O) groups is 4. The second-order valence-electron chi connectivity index (χ2n) is 6.45. The fourth-order valence-corrected chi connectivity index (χ4v) is 3.53. The van der Waals surface area contributed by atoms with Gasteiger partial charge in [-0.3, -0.25) is 9.59 Å². The molecule has 2 aromatic rings. The Balaban J connectivity index is 2.21. The molecule has 2 N–H and O–H groups in total. The number of nitrogens with zero attached hydrogens (tertiary/aromatic N) is 2. The molecule has 12 heteroatoms. The van der Waals surface area contributed by atoms with E-state index in [9.17, 15) is 32.7 Å². The van der Waals surface area contributed by atoms with E-state index in [1.165, 1.54) is 24.5 Å². The van der Waals surface area contributed by atoms with Gasteiger partial charge in [0.2, 0.25) is 0 Å². The fraction of sp³-hybridized carbons (Fsp3) is 0.222. The van der Waals surface area contributed by atoms with E-state index in [1.807, 2.05) is 0 Å². The lowest BCUT2D eigenvalue weighted by atomic mass is 10.1. The molecule has 1 aromatic heterocycles. The molecule has 5 amide bonds. The van der Waals surface area contributed by atoms with Gasteiger partial charge < -0.3 is 14.8 Å². The van der Waals surface area contributed by atoms with Crippen molar-refractivity contribution in [2.45, 2.75) is 11.3 Å². The van der Waals surface area contributed by atoms with Crippen molar-refractivity contribution in [2.75, 3.05) is 24.2 Å². The van der Waals surface area contributed by atoms with Crippen molar-refractivity contribution >= 4 is 39.5 Å². The summed E-state index contributed by atoms with van der Waals surface area (Å²) in [4.78, 5) is 50.7. The van der Waals surface area contributed by atoms with E-state index >= 15 is 0 Å². The smallest absolute Gasteiger partial charge is 0.339 e. The summed E-state index contributed by atoms with van der Waals surface area (Å²) in [7, 11) is -3.75. The van der Waals surface area contributed by atoms with Crippen molar-refractivity contribution in [1.29, 1.82) is 0 Å². The molecule has 0 unspecified atom stereocenters. The van der Waals surface area contributed by atoms with Gasteiger partial charge in [0.05, 0.1) is 28.8 Å². The highest BCUT2D eigenvalue weighted by Crippen LogP contribution is 2.28. The molecule has 0 bridgehead atoms. The zero-order valence-electron chi connectivity index (χ0n) is 15.7. The Morgan fingerprint density at radius 1 is 1.27 bits per heavy atom. The molecule has 0 aliphatic carbocycles. The van der Waals surface area contributed by atoms with Crippen LogP contribution in [0.5, 0.6) is 0 Å². The van der Waals surface area contributed by atoms with Crippen molar-refractivity contribution in [3.05, 3.63) is 47.9 Å². The molecule has 0 radical (unpaired) electrons. The summed E-state index contributed by atoms with van der Waals surface area (Å²) in [5, 5.41) is 11.7. The van der Waals surface area contributed by atoms with Crippen LogP contribution in [0.25, 0.3) is 0 Å². The minimum atomic E-state index is -3.75. The first kappa shape index (κ1) is 21.0. The van der Waals surface area contributed by atoms with Crippen molar-refractivity contribution < 1.29 is 37.1 Å². The topological polar surface area (TPSA) is 154 Å². The molecule has 0 saturated carbocycles. The van der Waals surface area contributed by atoms with Gasteiger partial charge in [-0.25, -0.2) is 27.8 Å². The second-order valence-corrected chi connectivity index (χ2v) is 8.47. The molecule has 0 atom stereocenters. The molecule has 30 heavy (non-hydrogen) atoms. The number of amides is 5.